The standard InChI is InChI=1S/C22H16Cl2N4O3/c1-13(29)25-15-7-8-17(24)18(11-15)26-22(30)19-12-20(21-6-3-9-31-21)28(27-19)16-5-2-4-14(23)10-16/h2-12H,1H3,(H,25,29)(H,26,30). The highest BCUT2D eigenvalue weighted by atomic mass is 35.5. The van der Waals surface area contributed by atoms with E-state index in [0.717, 1.165) is 0 Å². The molecule has 0 bridgehead atoms. The number of carbonyl (C=O) groups excluding carboxylic acids is 2. The predicted octanol–water partition coefficient (Wildman–Crippen LogP) is 5.65. The molecule has 2 aromatic carbocycles. The fraction of sp³-hybridized carbons (Fsp3) is 0.0455. The molecule has 0 saturated heterocycles. The predicted molar refractivity (Wildman–Crippen MR) is 120 cm³/mol. The van der Waals surface area contributed by atoms with Crippen molar-refractivity contribution in [3.05, 3.63) is 82.7 Å². The van der Waals surface area contributed by atoms with Crippen LogP contribution in [-0.2, 0) is 4.79 Å². The van der Waals surface area contributed by atoms with Crippen molar-refractivity contribution in [1.29, 1.82) is 0 Å². The Morgan fingerprint density at radius 3 is 2.55 bits per heavy atom. The molecule has 7 nitrogen and oxygen atoms in total. The topological polar surface area (TPSA) is 89.2 Å². The quantitative estimate of drug-likeness (QED) is 0.407. The fourth-order valence-electron chi connectivity index (χ4n) is 2.99. The van der Waals surface area contributed by atoms with Gasteiger partial charge >= 0.3 is 0 Å². The number of anilines is 2. The summed E-state index contributed by atoms with van der Waals surface area (Å²) in [6.45, 7) is 1.39. The smallest absolute Gasteiger partial charge is 0.276 e. The van der Waals surface area contributed by atoms with Crippen LogP contribution >= 0.6 is 23.2 Å². The first-order chi connectivity index (χ1) is 14.9. The molecule has 31 heavy (non-hydrogen) atoms. The van der Waals surface area contributed by atoms with E-state index in [1.165, 1.54) is 13.2 Å². The van der Waals surface area contributed by atoms with Crippen molar-refractivity contribution in [1.82, 2.24) is 9.78 Å². The third-order valence-electron chi connectivity index (χ3n) is 4.30. The minimum atomic E-state index is -0.476. The van der Waals surface area contributed by atoms with E-state index in [1.807, 2.05) is 6.07 Å². The van der Waals surface area contributed by atoms with Gasteiger partial charge in [0, 0.05) is 23.7 Å². The molecule has 156 valence electrons. The molecule has 0 unspecified atom stereocenters. The zero-order valence-electron chi connectivity index (χ0n) is 16.2. The average Bonchev–Trinajstić information content (AvgIpc) is 3.39. The lowest BCUT2D eigenvalue weighted by atomic mass is 10.2. The lowest BCUT2D eigenvalue weighted by molar-refractivity contribution is -0.114. The van der Waals surface area contributed by atoms with E-state index in [1.54, 1.807) is 59.3 Å². The number of hydrogen-bond acceptors (Lipinski definition) is 4. The maximum absolute atomic E-state index is 12.9. The number of benzene rings is 2. The van der Waals surface area contributed by atoms with E-state index in [-0.39, 0.29) is 11.6 Å². The van der Waals surface area contributed by atoms with Gasteiger partial charge in [-0.2, -0.15) is 5.10 Å². The summed E-state index contributed by atoms with van der Waals surface area (Å²) < 4.78 is 7.09. The molecular formula is C22H16Cl2N4O3. The molecule has 0 radical (unpaired) electrons. The van der Waals surface area contributed by atoms with Gasteiger partial charge in [0.1, 0.15) is 5.69 Å². The van der Waals surface area contributed by atoms with Crippen molar-refractivity contribution in [2.75, 3.05) is 10.6 Å². The molecule has 0 fully saturated rings. The number of amides is 2. The minimum Gasteiger partial charge on any atom is -0.463 e. The van der Waals surface area contributed by atoms with Crippen LogP contribution in [0.3, 0.4) is 0 Å². The van der Waals surface area contributed by atoms with Gasteiger partial charge in [0.2, 0.25) is 5.91 Å². The maximum Gasteiger partial charge on any atom is 0.276 e. The lowest BCUT2D eigenvalue weighted by Crippen LogP contribution is -2.14. The summed E-state index contributed by atoms with van der Waals surface area (Å²) in [4.78, 5) is 24.2. The molecule has 2 amide bonds. The number of carbonyl (C=O) groups is 2. The molecule has 9 heteroatoms. The summed E-state index contributed by atoms with van der Waals surface area (Å²) in [7, 11) is 0. The fourth-order valence-corrected chi connectivity index (χ4v) is 3.33. The van der Waals surface area contributed by atoms with E-state index in [9.17, 15) is 9.59 Å². The Kier molecular flexibility index (Phi) is 5.79. The van der Waals surface area contributed by atoms with Crippen LogP contribution in [0.15, 0.2) is 71.3 Å². The van der Waals surface area contributed by atoms with E-state index in [2.05, 4.69) is 15.7 Å². The Balaban J connectivity index is 1.70. The summed E-state index contributed by atoms with van der Waals surface area (Å²) in [6.07, 6.45) is 1.54. The number of aromatic nitrogens is 2. The summed E-state index contributed by atoms with van der Waals surface area (Å²) >= 11 is 12.3. The monoisotopic (exact) mass is 454 g/mol. The van der Waals surface area contributed by atoms with Gasteiger partial charge in [-0.05, 0) is 48.5 Å². The first kappa shape index (κ1) is 20.7. The summed E-state index contributed by atoms with van der Waals surface area (Å²) in [5, 5.41) is 10.7. The highest BCUT2D eigenvalue weighted by molar-refractivity contribution is 6.34. The normalized spacial score (nSPS) is 10.7. The first-order valence-electron chi connectivity index (χ1n) is 9.19. The van der Waals surface area contributed by atoms with Crippen LogP contribution < -0.4 is 10.6 Å². The van der Waals surface area contributed by atoms with Crippen molar-refractivity contribution in [2.45, 2.75) is 6.92 Å². The van der Waals surface area contributed by atoms with Crippen molar-refractivity contribution >= 4 is 46.4 Å². The molecule has 4 rings (SSSR count). The molecule has 0 atom stereocenters. The zero-order valence-corrected chi connectivity index (χ0v) is 17.7. The summed E-state index contributed by atoms with van der Waals surface area (Å²) in [5.41, 5.74) is 2.24. The molecule has 4 aromatic rings. The van der Waals surface area contributed by atoms with Crippen LogP contribution in [0.5, 0.6) is 0 Å². The zero-order chi connectivity index (χ0) is 22.0. The number of rotatable bonds is 5. The van der Waals surface area contributed by atoms with Crippen molar-refractivity contribution in [3.63, 3.8) is 0 Å². The number of halogens is 2. The molecule has 0 aliphatic rings. The first-order valence-corrected chi connectivity index (χ1v) is 9.94. The Hall–Kier alpha value is -3.55. The molecular weight excluding hydrogens is 439 g/mol. The van der Waals surface area contributed by atoms with Gasteiger partial charge in [-0.25, -0.2) is 4.68 Å². The highest BCUT2D eigenvalue weighted by Gasteiger charge is 2.19. The van der Waals surface area contributed by atoms with Gasteiger partial charge in [0.25, 0.3) is 5.91 Å². The van der Waals surface area contributed by atoms with Crippen LogP contribution in [0, 0.1) is 0 Å². The molecule has 0 saturated carbocycles. The number of furan rings is 1. The Bertz CT molecular complexity index is 1270. The van der Waals surface area contributed by atoms with E-state index in [0.29, 0.717) is 38.6 Å². The largest absolute Gasteiger partial charge is 0.463 e. The van der Waals surface area contributed by atoms with Crippen LogP contribution in [0.2, 0.25) is 10.0 Å². The number of nitrogens with one attached hydrogen (secondary N) is 2. The van der Waals surface area contributed by atoms with Crippen molar-refractivity contribution < 1.29 is 14.0 Å². The second-order valence-corrected chi connectivity index (χ2v) is 7.46. The molecule has 2 heterocycles. The van der Waals surface area contributed by atoms with Crippen molar-refractivity contribution in [3.8, 4) is 17.1 Å². The lowest BCUT2D eigenvalue weighted by Gasteiger charge is -2.09. The van der Waals surface area contributed by atoms with Crippen LogP contribution in [0.25, 0.3) is 17.1 Å². The van der Waals surface area contributed by atoms with E-state index in [4.69, 9.17) is 27.6 Å². The Morgan fingerprint density at radius 2 is 1.84 bits per heavy atom. The molecule has 0 spiro atoms. The third kappa shape index (κ3) is 4.63. The van der Waals surface area contributed by atoms with Gasteiger partial charge in [0.05, 0.1) is 22.7 Å². The summed E-state index contributed by atoms with van der Waals surface area (Å²) in [5.74, 6) is -0.171. The van der Waals surface area contributed by atoms with Gasteiger partial charge in [-0.3, -0.25) is 9.59 Å². The second kappa shape index (κ2) is 8.67. The third-order valence-corrected chi connectivity index (χ3v) is 4.87. The average molecular weight is 455 g/mol. The maximum atomic E-state index is 12.9. The summed E-state index contributed by atoms with van der Waals surface area (Å²) in [6, 6.07) is 17.0. The Morgan fingerprint density at radius 1 is 1.00 bits per heavy atom. The van der Waals surface area contributed by atoms with Crippen LogP contribution in [-0.4, -0.2) is 21.6 Å². The van der Waals surface area contributed by atoms with Crippen LogP contribution in [0.4, 0.5) is 11.4 Å². The molecule has 2 aromatic heterocycles. The van der Waals surface area contributed by atoms with E-state index >= 15 is 0 Å². The van der Waals surface area contributed by atoms with Crippen molar-refractivity contribution in [2.24, 2.45) is 0 Å². The van der Waals surface area contributed by atoms with Gasteiger partial charge < -0.3 is 15.1 Å². The SMILES string of the molecule is CC(=O)Nc1ccc(Cl)c(NC(=O)c2cc(-c3ccco3)n(-c3cccc(Cl)c3)n2)c1. The van der Waals surface area contributed by atoms with E-state index < -0.39 is 5.91 Å². The highest BCUT2D eigenvalue weighted by Crippen LogP contribution is 2.28. The Labute approximate surface area is 187 Å². The second-order valence-electron chi connectivity index (χ2n) is 6.61. The van der Waals surface area contributed by atoms with Gasteiger partial charge in [-0.15, -0.1) is 0 Å². The molecule has 0 aliphatic heterocycles. The van der Waals surface area contributed by atoms with Gasteiger partial charge in [-0.1, -0.05) is 29.3 Å². The van der Waals surface area contributed by atoms with Gasteiger partial charge in [0.15, 0.2) is 11.5 Å². The minimum absolute atomic E-state index is 0.146. The van der Waals surface area contributed by atoms with Crippen LogP contribution in [0.1, 0.15) is 17.4 Å². The number of hydrogen-bond donors (Lipinski definition) is 2. The molecule has 2 N–H and O–H groups in total. The number of nitrogens with zero attached hydrogens (tertiary/aromatic N) is 2. The molecule has 0 aliphatic carbocycles.